The second kappa shape index (κ2) is 9.82. The summed E-state index contributed by atoms with van der Waals surface area (Å²) in [5.41, 5.74) is 0.539. The molecule has 9 nitrogen and oxygen atoms in total. The lowest BCUT2D eigenvalue weighted by Gasteiger charge is -2.12. The molecule has 0 radical (unpaired) electrons. The van der Waals surface area contributed by atoms with Crippen molar-refractivity contribution in [2.24, 2.45) is 0 Å². The fourth-order valence-electron chi connectivity index (χ4n) is 3.05. The minimum absolute atomic E-state index is 0.0105. The van der Waals surface area contributed by atoms with Gasteiger partial charge in [0.15, 0.2) is 12.4 Å². The lowest BCUT2D eigenvalue weighted by atomic mass is 10.1. The van der Waals surface area contributed by atoms with E-state index < -0.39 is 23.4 Å². The molecule has 1 amide bonds. The molecule has 0 aromatic heterocycles. The van der Waals surface area contributed by atoms with E-state index in [-0.39, 0.29) is 17.3 Å². The third-order valence-corrected chi connectivity index (χ3v) is 4.83. The van der Waals surface area contributed by atoms with Crippen molar-refractivity contribution < 1.29 is 24.0 Å². The summed E-state index contributed by atoms with van der Waals surface area (Å²) in [5, 5.41) is 17.1. The summed E-state index contributed by atoms with van der Waals surface area (Å²) in [6.07, 6.45) is 1.91. The molecule has 1 saturated carbocycles. The molecule has 0 saturated heterocycles. The molecule has 0 atom stereocenters. The molecule has 0 spiro atoms. The number of hydrogen-bond donors (Lipinski definition) is 2. The number of hydrogen-bond acceptors (Lipinski definition) is 7. The first-order valence-electron chi connectivity index (χ1n) is 10.3. The minimum Gasteiger partial charge on any atom is -0.455 e. The maximum Gasteiger partial charge on any atom is 0.338 e. The van der Waals surface area contributed by atoms with Crippen LogP contribution in [0.3, 0.4) is 0 Å². The first-order valence-corrected chi connectivity index (χ1v) is 10.3. The topological polar surface area (TPSA) is 120 Å². The number of esters is 1. The van der Waals surface area contributed by atoms with Crippen LogP contribution < -0.4 is 15.4 Å². The van der Waals surface area contributed by atoms with E-state index >= 15 is 0 Å². The highest BCUT2D eigenvalue weighted by molar-refractivity contribution is 5.97. The maximum atomic E-state index is 12.4. The summed E-state index contributed by atoms with van der Waals surface area (Å²) in [6.45, 7) is -0.561. The predicted molar refractivity (Wildman–Crippen MR) is 122 cm³/mol. The third-order valence-electron chi connectivity index (χ3n) is 4.83. The Morgan fingerprint density at radius 1 is 0.970 bits per heavy atom. The summed E-state index contributed by atoms with van der Waals surface area (Å²) >= 11 is 0. The Morgan fingerprint density at radius 3 is 2.42 bits per heavy atom. The van der Waals surface area contributed by atoms with Crippen molar-refractivity contribution in [3.63, 3.8) is 0 Å². The number of benzene rings is 3. The monoisotopic (exact) mass is 447 g/mol. The predicted octanol–water partition coefficient (Wildman–Crippen LogP) is 4.76. The molecule has 0 bridgehead atoms. The van der Waals surface area contributed by atoms with Crippen molar-refractivity contribution in [1.29, 1.82) is 0 Å². The average molecular weight is 447 g/mol. The molecular weight excluding hydrogens is 426 g/mol. The molecule has 0 unspecified atom stereocenters. The fourth-order valence-corrected chi connectivity index (χ4v) is 3.05. The van der Waals surface area contributed by atoms with Gasteiger partial charge in [0.1, 0.15) is 11.4 Å². The zero-order chi connectivity index (χ0) is 23.2. The summed E-state index contributed by atoms with van der Waals surface area (Å²) in [4.78, 5) is 35.5. The zero-order valence-electron chi connectivity index (χ0n) is 17.5. The third kappa shape index (κ3) is 5.85. The van der Waals surface area contributed by atoms with Gasteiger partial charge in [-0.25, -0.2) is 4.79 Å². The van der Waals surface area contributed by atoms with Crippen molar-refractivity contribution in [3.8, 4) is 11.5 Å². The zero-order valence-corrected chi connectivity index (χ0v) is 17.5. The Morgan fingerprint density at radius 2 is 1.70 bits per heavy atom. The number of nitrogens with one attached hydrogen (secondary N) is 2. The van der Waals surface area contributed by atoms with Gasteiger partial charge in [0.05, 0.1) is 16.2 Å². The number of carbonyl (C=O) groups excluding carboxylic acids is 2. The Balaban J connectivity index is 1.37. The first-order chi connectivity index (χ1) is 16.0. The van der Waals surface area contributed by atoms with Crippen molar-refractivity contribution in [2.45, 2.75) is 18.9 Å². The molecule has 4 rings (SSSR count). The normalized spacial score (nSPS) is 12.5. The van der Waals surface area contributed by atoms with Crippen LogP contribution in [0.15, 0.2) is 72.8 Å². The van der Waals surface area contributed by atoms with Crippen molar-refractivity contribution >= 4 is 28.9 Å². The summed E-state index contributed by atoms with van der Waals surface area (Å²) < 4.78 is 10.8. The Labute approximate surface area is 189 Å². The van der Waals surface area contributed by atoms with Gasteiger partial charge >= 0.3 is 5.97 Å². The largest absolute Gasteiger partial charge is 0.455 e. The van der Waals surface area contributed by atoms with E-state index in [9.17, 15) is 19.7 Å². The van der Waals surface area contributed by atoms with Crippen molar-refractivity contribution in [2.75, 3.05) is 17.2 Å². The van der Waals surface area contributed by atoms with Crippen LogP contribution in [0.2, 0.25) is 0 Å². The van der Waals surface area contributed by atoms with Crippen LogP contribution in [0, 0.1) is 10.1 Å². The fraction of sp³-hybridized carbons (Fsp3) is 0.167. The highest BCUT2D eigenvalue weighted by atomic mass is 16.6. The molecular formula is C24H21N3O6. The van der Waals surface area contributed by atoms with Crippen LogP contribution in [0.4, 0.5) is 17.1 Å². The quantitative estimate of drug-likeness (QED) is 0.276. The van der Waals surface area contributed by atoms with Gasteiger partial charge in [-0.2, -0.15) is 0 Å². The smallest absolute Gasteiger partial charge is 0.338 e. The molecule has 2 N–H and O–H groups in total. The van der Waals surface area contributed by atoms with Crippen LogP contribution in [0.5, 0.6) is 11.5 Å². The number of carbonyl (C=O) groups is 2. The summed E-state index contributed by atoms with van der Waals surface area (Å²) in [7, 11) is 0. The van der Waals surface area contributed by atoms with Gasteiger partial charge in [-0.1, -0.05) is 30.3 Å². The Hall–Kier alpha value is -4.40. The number of nitrogens with zero attached hydrogens (tertiary/aromatic N) is 1. The van der Waals surface area contributed by atoms with Gasteiger partial charge in [-0.3, -0.25) is 14.9 Å². The highest BCUT2D eigenvalue weighted by Crippen LogP contribution is 2.32. The van der Waals surface area contributed by atoms with E-state index in [1.54, 1.807) is 36.4 Å². The molecule has 3 aromatic carbocycles. The van der Waals surface area contributed by atoms with Crippen LogP contribution in [0.25, 0.3) is 0 Å². The number of ether oxygens (including phenoxy) is 2. The first kappa shape index (κ1) is 21.8. The van der Waals surface area contributed by atoms with Crippen molar-refractivity contribution in [3.05, 3.63) is 88.5 Å². The molecule has 1 aliphatic carbocycles. The van der Waals surface area contributed by atoms with Crippen LogP contribution in [0.1, 0.15) is 23.2 Å². The molecule has 33 heavy (non-hydrogen) atoms. The van der Waals surface area contributed by atoms with Crippen LogP contribution in [-0.4, -0.2) is 29.4 Å². The van der Waals surface area contributed by atoms with E-state index in [0.29, 0.717) is 22.9 Å². The van der Waals surface area contributed by atoms with Gasteiger partial charge < -0.3 is 20.1 Å². The van der Waals surface area contributed by atoms with Crippen LogP contribution in [-0.2, 0) is 9.53 Å². The minimum atomic E-state index is -0.833. The molecule has 9 heteroatoms. The molecule has 0 heterocycles. The standard InChI is InChI=1S/C24H21N3O6/c28-23(26-20-8-4-5-9-22(20)33-18-6-2-1-3-7-18)15-32-24(29)16-10-13-19(25-17-11-12-17)21(14-16)27(30)31/h1-10,13-14,17,25H,11-12,15H2,(H,26,28). The summed E-state index contributed by atoms with van der Waals surface area (Å²) in [5.74, 6) is -0.376. The average Bonchev–Trinajstić information content (AvgIpc) is 3.63. The van der Waals surface area contributed by atoms with E-state index in [1.165, 1.54) is 12.1 Å². The lowest BCUT2D eigenvalue weighted by Crippen LogP contribution is -2.21. The highest BCUT2D eigenvalue weighted by Gasteiger charge is 2.26. The van der Waals surface area contributed by atoms with Gasteiger partial charge in [0.2, 0.25) is 0 Å². The number of anilines is 2. The second-order valence-corrected chi connectivity index (χ2v) is 7.44. The SMILES string of the molecule is O=C(COC(=O)c1ccc(NC2CC2)c([N+](=O)[O-])c1)Nc1ccccc1Oc1ccccc1. The van der Waals surface area contributed by atoms with Gasteiger partial charge in [-0.15, -0.1) is 0 Å². The van der Waals surface area contributed by atoms with Gasteiger partial charge in [0, 0.05) is 12.1 Å². The van der Waals surface area contributed by atoms with E-state index in [0.717, 1.165) is 18.9 Å². The van der Waals surface area contributed by atoms with E-state index in [4.69, 9.17) is 9.47 Å². The number of rotatable bonds is 9. The number of amides is 1. The van der Waals surface area contributed by atoms with E-state index in [2.05, 4.69) is 10.6 Å². The van der Waals surface area contributed by atoms with Gasteiger partial charge in [0.25, 0.3) is 11.6 Å². The number of nitro benzene ring substituents is 1. The maximum absolute atomic E-state index is 12.4. The molecule has 1 aliphatic rings. The Bertz CT molecular complexity index is 1180. The summed E-state index contributed by atoms with van der Waals surface area (Å²) in [6, 6.07) is 20.2. The molecule has 168 valence electrons. The second-order valence-electron chi connectivity index (χ2n) is 7.44. The molecule has 0 aliphatic heterocycles. The van der Waals surface area contributed by atoms with E-state index in [1.807, 2.05) is 18.2 Å². The Kier molecular flexibility index (Phi) is 6.49. The lowest BCUT2D eigenvalue weighted by molar-refractivity contribution is -0.384. The van der Waals surface area contributed by atoms with Gasteiger partial charge in [-0.05, 0) is 49.2 Å². The molecule has 3 aromatic rings. The van der Waals surface area contributed by atoms with Crippen LogP contribution >= 0.6 is 0 Å². The van der Waals surface area contributed by atoms with Crippen molar-refractivity contribution in [1.82, 2.24) is 0 Å². The number of nitro groups is 1. The number of para-hydroxylation sites is 3. The molecule has 1 fully saturated rings.